The highest BCUT2D eigenvalue weighted by atomic mass is 35.5. The van der Waals surface area contributed by atoms with Crippen LogP contribution in [0.4, 0.5) is 0 Å². The number of piperidine rings is 1. The van der Waals surface area contributed by atoms with Gasteiger partial charge < -0.3 is 9.64 Å². The molecule has 5 heteroatoms. The number of amides is 1. The Kier molecular flexibility index (Phi) is 6.05. The number of pyridine rings is 1. The molecule has 0 spiro atoms. The number of carbonyl (C=O) groups is 1. The van der Waals surface area contributed by atoms with Crippen LogP contribution >= 0.6 is 11.6 Å². The van der Waals surface area contributed by atoms with E-state index in [1.54, 1.807) is 7.11 Å². The summed E-state index contributed by atoms with van der Waals surface area (Å²) in [6.07, 6.45) is 4.86. The summed E-state index contributed by atoms with van der Waals surface area (Å²) in [4.78, 5) is 18.6. The Labute approximate surface area is 153 Å². The van der Waals surface area contributed by atoms with Gasteiger partial charge in [-0.2, -0.15) is 0 Å². The molecule has 1 saturated heterocycles. The fourth-order valence-electron chi connectivity index (χ4n) is 3.28. The van der Waals surface area contributed by atoms with Gasteiger partial charge in [-0.1, -0.05) is 29.8 Å². The first-order valence-corrected chi connectivity index (χ1v) is 8.99. The van der Waals surface area contributed by atoms with Crippen molar-refractivity contribution in [3.8, 4) is 0 Å². The fraction of sp³-hybridized carbons (Fsp3) is 0.400. The first-order valence-electron chi connectivity index (χ1n) is 8.61. The molecule has 1 amide bonds. The van der Waals surface area contributed by atoms with E-state index < -0.39 is 0 Å². The number of hydrogen-bond donors (Lipinski definition) is 0. The van der Waals surface area contributed by atoms with Gasteiger partial charge in [-0.3, -0.25) is 9.78 Å². The first-order chi connectivity index (χ1) is 12.2. The van der Waals surface area contributed by atoms with E-state index >= 15 is 0 Å². The van der Waals surface area contributed by atoms with Crippen LogP contribution < -0.4 is 0 Å². The Balaban J connectivity index is 1.63. The summed E-state index contributed by atoms with van der Waals surface area (Å²) in [7, 11) is 1.56. The standard InChI is InChI=1S/C20H23ClN2O2/c1-25-14-20(24)23-10-2-3-17(13-23)19-9-6-16(12-22-19)11-15-4-7-18(21)8-5-15/h4-9,12,17H,2-3,10-11,13-14H2,1H3. The normalized spacial score (nSPS) is 17.5. The smallest absolute Gasteiger partial charge is 0.248 e. The summed E-state index contributed by atoms with van der Waals surface area (Å²) in [6.45, 7) is 1.69. The van der Waals surface area contributed by atoms with Gasteiger partial charge in [-0.25, -0.2) is 0 Å². The summed E-state index contributed by atoms with van der Waals surface area (Å²) in [6, 6.07) is 12.1. The van der Waals surface area contributed by atoms with E-state index in [1.165, 1.54) is 11.1 Å². The molecule has 1 aliphatic heterocycles. The largest absolute Gasteiger partial charge is 0.375 e. The van der Waals surface area contributed by atoms with Crippen molar-refractivity contribution in [3.05, 3.63) is 64.4 Å². The second kappa shape index (κ2) is 8.45. The molecular weight excluding hydrogens is 336 g/mol. The summed E-state index contributed by atoms with van der Waals surface area (Å²) >= 11 is 5.93. The molecule has 0 radical (unpaired) electrons. The summed E-state index contributed by atoms with van der Waals surface area (Å²) in [5, 5.41) is 0.752. The molecule has 2 heterocycles. The van der Waals surface area contributed by atoms with Crippen molar-refractivity contribution >= 4 is 17.5 Å². The maximum absolute atomic E-state index is 12.0. The molecule has 1 atom stereocenters. The number of rotatable bonds is 5. The molecule has 1 fully saturated rings. The molecule has 1 unspecified atom stereocenters. The topological polar surface area (TPSA) is 42.4 Å². The zero-order valence-electron chi connectivity index (χ0n) is 14.5. The third-order valence-electron chi connectivity index (χ3n) is 4.63. The maximum atomic E-state index is 12.0. The number of carbonyl (C=O) groups excluding carboxylic acids is 1. The zero-order chi connectivity index (χ0) is 17.6. The van der Waals surface area contributed by atoms with E-state index in [0.29, 0.717) is 5.92 Å². The molecule has 0 N–H and O–H groups in total. The molecule has 132 valence electrons. The first kappa shape index (κ1) is 17.9. The van der Waals surface area contributed by atoms with E-state index in [4.69, 9.17) is 16.3 Å². The molecule has 2 aromatic rings. The van der Waals surface area contributed by atoms with Crippen molar-refractivity contribution in [3.63, 3.8) is 0 Å². The van der Waals surface area contributed by atoms with E-state index in [9.17, 15) is 4.79 Å². The Bertz CT molecular complexity index is 701. The lowest BCUT2D eigenvalue weighted by molar-refractivity contribution is -0.136. The quantitative estimate of drug-likeness (QED) is 0.818. The maximum Gasteiger partial charge on any atom is 0.248 e. The van der Waals surface area contributed by atoms with Crippen molar-refractivity contribution in [1.29, 1.82) is 0 Å². The van der Waals surface area contributed by atoms with Crippen molar-refractivity contribution in [2.75, 3.05) is 26.8 Å². The number of aromatic nitrogens is 1. The fourth-order valence-corrected chi connectivity index (χ4v) is 3.41. The third kappa shape index (κ3) is 4.80. The van der Waals surface area contributed by atoms with E-state index in [0.717, 1.165) is 43.1 Å². The van der Waals surface area contributed by atoms with Crippen molar-refractivity contribution < 1.29 is 9.53 Å². The van der Waals surface area contributed by atoms with Crippen LogP contribution in [0, 0.1) is 0 Å². The SMILES string of the molecule is COCC(=O)N1CCCC(c2ccc(Cc3ccc(Cl)cc3)cn2)C1. The van der Waals surface area contributed by atoms with Crippen LogP contribution in [0.3, 0.4) is 0 Å². The Morgan fingerprint density at radius 1 is 1.24 bits per heavy atom. The van der Waals surface area contributed by atoms with Crippen LogP contribution in [0.1, 0.15) is 35.6 Å². The van der Waals surface area contributed by atoms with Crippen LogP contribution in [0.5, 0.6) is 0 Å². The van der Waals surface area contributed by atoms with Gasteiger partial charge in [-0.15, -0.1) is 0 Å². The summed E-state index contributed by atoms with van der Waals surface area (Å²) in [5.41, 5.74) is 3.46. The molecule has 4 nitrogen and oxygen atoms in total. The van der Waals surface area contributed by atoms with Gasteiger partial charge in [0.05, 0.1) is 0 Å². The van der Waals surface area contributed by atoms with Crippen molar-refractivity contribution in [2.45, 2.75) is 25.2 Å². The third-order valence-corrected chi connectivity index (χ3v) is 4.88. The highest BCUT2D eigenvalue weighted by Crippen LogP contribution is 2.26. The van der Waals surface area contributed by atoms with E-state index in [2.05, 4.69) is 17.1 Å². The van der Waals surface area contributed by atoms with Gasteiger partial charge in [-0.05, 0) is 48.6 Å². The highest BCUT2D eigenvalue weighted by molar-refractivity contribution is 6.30. The van der Waals surface area contributed by atoms with Gasteiger partial charge in [0.2, 0.25) is 5.91 Å². The second-order valence-electron chi connectivity index (χ2n) is 6.51. The molecule has 1 aromatic carbocycles. The van der Waals surface area contributed by atoms with Crippen molar-refractivity contribution in [1.82, 2.24) is 9.88 Å². The van der Waals surface area contributed by atoms with E-state index in [-0.39, 0.29) is 12.5 Å². The minimum Gasteiger partial charge on any atom is -0.375 e. The van der Waals surface area contributed by atoms with Crippen LogP contribution in [0.15, 0.2) is 42.6 Å². The van der Waals surface area contributed by atoms with Crippen LogP contribution in [0.2, 0.25) is 5.02 Å². The lowest BCUT2D eigenvalue weighted by Crippen LogP contribution is -2.41. The number of benzene rings is 1. The summed E-state index contributed by atoms with van der Waals surface area (Å²) in [5.74, 6) is 0.366. The predicted molar refractivity (Wildman–Crippen MR) is 98.9 cm³/mol. The average molecular weight is 359 g/mol. The molecule has 0 aliphatic carbocycles. The summed E-state index contributed by atoms with van der Waals surface area (Å²) < 4.78 is 4.96. The van der Waals surface area contributed by atoms with Crippen LogP contribution in [-0.2, 0) is 16.0 Å². The lowest BCUT2D eigenvalue weighted by Gasteiger charge is -2.32. The highest BCUT2D eigenvalue weighted by Gasteiger charge is 2.25. The molecule has 1 aromatic heterocycles. The number of halogens is 1. The Morgan fingerprint density at radius 3 is 2.68 bits per heavy atom. The monoisotopic (exact) mass is 358 g/mol. The average Bonchev–Trinajstić information content (AvgIpc) is 2.65. The van der Waals surface area contributed by atoms with Crippen LogP contribution in [-0.4, -0.2) is 42.6 Å². The van der Waals surface area contributed by atoms with Gasteiger partial charge >= 0.3 is 0 Å². The molecule has 1 aliphatic rings. The van der Waals surface area contributed by atoms with Gasteiger partial charge in [0.25, 0.3) is 0 Å². The number of ether oxygens (including phenoxy) is 1. The van der Waals surface area contributed by atoms with Gasteiger partial charge in [0.15, 0.2) is 0 Å². The molecule has 0 bridgehead atoms. The minimum absolute atomic E-state index is 0.0616. The van der Waals surface area contributed by atoms with Crippen molar-refractivity contribution in [2.24, 2.45) is 0 Å². The molecule has 25 heavy (non-hydrogen) atoms. The van der Waals surface area contributed by atoms with Gasteiger partial charge in [0.1, 0.15) is 6.61 Å². The molecular formula is C20H23ClN2O2. The number of nitrogens with zero attached hydrogens (tertiary/aromatic N) is 2. The number of methoxy groups -OCH3 is 1. The van der Waals surface area contributed by atoms with Gasteiger partial charge in [0, 0.05) is 43.0 Å². The van der Waals surface area contributed by atoms with E-state index in [1.807, 2.05) is 35.4 Å². The molecule has 3 rings (SSSR count). The number of likely N-dealkylation sites (tertiary alicyclic amines) is 1. The molecule has 0 saturated carbocycles. The van der Waals surface area contributed by atoms with Crippen LogP contribution in [0.25, 0.3) is 0 Å². The Hall–Kier alpha value is -1.91. The second-order valence-corrected chi connectivity index (χ2v) is 6.94. The zero-order valence-corrected chi connectivity index (χ0v) is 15.2. The Morgan fingerprint density at radius 2 is 2.00 bits per heavy atom. The number of hydrogen-bond acceptors (Lipinski definition) is 3. The minimum atomic E-state index is 0.0616. The lowest BCUT2D eigenvalue weighted by atomic mass is 9.93. The predicted octanol–water partition coefficient (Wildman–Crippen LogP) is 3.68.